The molecule has 6 nitrogen and oxygen atoms in total. The zero-order valence-corrected chi connectivity index (χ0v) is 5.73. The molecule has 0 aromatic rings. The van der Waals surface area contributed by atoms with Crippen molar-refractivity contribution in [2.75, 3.05) is 6.54 Å². The molecule has 0 aliphatic heterocycles. The minimum absolute atomic E-state index is 0.321. The summed E-state index contributed by atoms with van der Waals surface area (Å²) in [7, 11) is -4.28. The second-order valence-electron chi connectivity index (χ2n) is 1.44. The van der Waals surface area contributed by atoms with Gasteiger partial charge in [0.1, 0.15) is 12.5 Å². The maximum Gasteiger partial charge on any atom is 0.366 e. The number of carboxylic acids is 1. The van der Waals surface area contributed by atoms with Crippen LogP contribution in [0.2, 0.25) is 0 Å². The van der Waals surface area contributed by atoms with Crippen LogP contribution in [-0.2, 0) is 9.36 Å². The highest BCUT2D eigenvalue weighted by Crippen LogP contribution is 2.29. The van der Waals surface area contributed by atoms with Gasteiger partial charge in [0.15, 0.2) is 0 Å². The fraction of sp³-hybridized carbons (Fsp3) is 0.333. The summed E-state index contributed by atoms with van der Waals surface area (Å²) in [6, 6.07) is 0. The monoisotopic (exact) mass is 167 g/mol. The van der Waals surface area contributed by atoms with Gasteiger partial charge in [-0.1, -0.05) is 0 Å². The number of aliphatic imine (C=N–C) groups is 1. The van der Waals surface area contributed by atoms with Gasteiger partial charge in [-0.15, -0.1) is 0 Å². The SMILES string of the molecule is O=C(O)CN=CP(=O)(O)O. The first-order valence-corrected chi connectivity index (χ1v) is 3.88. The van der Waals surface area contributed by atoms with Crippen molar-refractivity contribution in [3.05, 3.63) is 0 Å². The summed E-state index contributed by atoms with van der Waals surface area (Å²) in [5.74, 6) is -0.911. The fourth-order valence-electron chi connectivity index (χ4n) is 0.225. The number of hydrogen-bond donors (Lipinski definition) is 3. The highest BCUT2D eigenvalue weighted by atomic mass is 31.2. The number of aliphatic carboxylic acids is 1. The van der Waals surface area contributed by atoms with Gasteiger partial charge in [-0.3, -0.25) is 14.4 Å². The molecular formula is C3H6NO5P. The van der Waals surface area contributed by atoms with Gasteiger partial charge in [0.05, 0.1) is 0 Å². The van der Waals surface area contributed by atoms with Gasteiger partial charge in [0.25, 0.3) is 0 Å². The lowest BCUT2D eigenvalue weighted by Crippen LogP contribution is -1.98. The Morgan fingerprint density at radius 2 is 2.10 bits per heavy atom. The van der Waals surface area contributed by atoms with Gasteiger partial charge in [0, 0.05) is 0 Å². The summed E-state index contributed by atoms with van der Waals surface area (Å²) >= 11 is 0. The molecule has 0 saturated carbocycles. The molecule has 0 aliphatic carbocycles. The predicted octanol–water partition coefficient (Wildman–Crippen LogP) is -0.723. The smallest absolute Gasteiger partial charge is 0.366 e. The maximum atomic E-state index is 9.96. The normalized spacial score (nSPS) is 12.2. The average molecular weight is 167 g/mol. The third-order valence-corrected chi connectivity index (χ3v) is 0.923. The Morgan fingerprint density at radius 3 is 2.40 bits per heavy atom. The molecule has 0 saturated heterocycles. The molecule has 0 amide bonds. The van der Waals surface area contributed by atoms with Crippen molar-refractivity contribution in [3.63, 3.8) is 0 Å². The first kappa shape index (κ1) is 9.29. The van der Waals surface area contributed by atoms with Crippen LogP contribution in [0.25, 0.3) is 0 Å². The highest BCUT2D eigenvalue weighted by molar-refractivity contribution is 7.67. The number of carbonyl (C=O) groups is 1. The van der Waals surface area contributed by atoms with E-state index >= 15 is 0 Å². The van der Waals surface area contributed by atoms with Gasteiger partial charge in [-0.2, -0.15) is 0 Å². The van der Waals surface area contributed by atoms with E-state index in [1.54, 1.807) is 0 Å². The van der Waals surface area contributed by atoms with Crippen LogP contribution in [0.5, 0.6) is 0 Å². The Kier molecular flexibility index (Phi) is 3.21. The van der Waals surface area contributed by atoms with E-state index in [9.17, 15) is 9.36 Å². The molecule has 3 N–H and O–H groups in total. The number of carboxylic acid groups (broad SMARTS) is 1. The lowest BCUT2D eigenvalue weighted by Gasteiger charge is -1.91. The Morgan fingerprint density at radius 1 is 1.60 bits per heavy atom. The molecule has 0 bridgehead atoms. The third-order valence-electron chi connectivity index (χ3n) is 0.459. The zero-order valence-electron chi connectivity index (χ0n) is 4.84. The Bertz CT molecular complexity index is 193. The van der Waals surface area contributed by atoms with Crippen molar-refractivity contribution in [2.24, 2.45) is 4.99 Å². The van der Waals surface area contributed by atoms with Gasteiger partial charge in [-0.25, -0.2) is 0 Å². The summed E-state index contributed by atoms with van der Waals surface area (Å²) in [5, 5.41) is 7.94. The Hall–Kier alpha value is -0.710. The predicted molar refractivity (Wildman–Crippen MR) is 33.0 cm³/mol. The van der Waals surface area contributed by atoms with Crippen LogP contribution in [0.1, 0.15) is 0 Å². The number of hydrogen-bond acceptors (Lipinski definition) is 3. The quantitative estimate of drug-likeness (QED) is 0.379. The highest BCUT2D eigenvalue weighted by Gasteiger charge is 2.06. The molecule has 7 heteroatoms. The van der Waals surface area contributed by atoms with Crippen molar-refractivity contribution >= 4 is 19.5 Å². The van der Waals surface area contributed by atoms with Gasteiger partial charge in [0.2, 0.25) is 0 Å². The van der Waals surface area contributed by atoms with Crippen LogP contribution in [0.4, 0.5) is 0 Å². The third kappa shape index (κ3) is 7.29. The van der Waals surface area contributed by atoms with Crippen molar-refractivity contribution in [3.8, 4) is 0 Å². The summed E-state index contributed by atoms with van der Waals surface area (Å²) < 4.78 is 9.96. The lowest BCUT2D eigenvalue weighted by atomic mass is 10.7. The molecule has 0 aromatic heterocycles. The first-order chi connectivity index (χ1) is 4.42. The average Bonchev–Trinajstić information content (AvgIpc) is 1.59. The van der Waals surface area contributed by atoms with Gasteiger partial charge >= 0.3 is 13.6 Å². The molecule has 0 atom stereocenters. The lowest BCUT2D eigenvalue weighted by molar-refractivity contribution is -0.135. The van der Waals surface area contributed by atoms with E-state index in [-0.39, 0.29) is 0 Å². The van der Waals surface area contributed by atoms with Gasteiger partial charge in [-0.05, 0) is 0 Å². The number of nitrogens with zero attached hydrogens (tertiary/aromatic N) is 1. The maximum absolute atomic E-state index is 9.96. The van der Waals surface area contributed by atoms with E-state index < -0.39 is 20.1 Å². The van der Waals surface area contributed by atoms with E-state index in [0.29, 0.717) is 5.96 Å². The molecule has 58 valence electrons. The van der Waals surface area contributed by atoms with Crippen molar-refractivity contribution in [1.29, 1.82) is 0 Å². The van der Waals surface area contributed by atoms with Crippen molar-refractivity contribution < 1.29 is 24.3 Å². The van der Waals surface area contributed by atoms with Crippen LogP contribution in [0.15, 0.2) is 4.99 Å². The second-order valence-corrected chi connectivity index (χ2v) is 2.85. The van der Waals surface area contributed by atoms with E-state index in [4.69, 9.17) is 14.9 Å². The van der Waals surface area contributed by atoms with Crippen molar-refractivity contribution in [1.82, 2.24) is 0 Å². The molecule has 0 radical (unpaired) electrons. The fourth-order valence-corrected chi connectivity index (χ4v) is 0.520. The Labute approximate surface area is 56.4 Å². The standard InChI is InChI=1S/C3H6NO5P/c5-3(6)1-4-2-10(7,8)9/h2H,1H2,(H,5,6)(H2,7,8,9). The van der Waals surface area contributed by atoms with Gasteiger partial charge < -0.3 is 14.9 Å². The molecule has 0 aromatic carbocycles. The molecule has 0 fully saturated rings. The summed E-state index contributed by atoms with van der Waals surface area (Å²) in [4.78, 5) is 28.9. The minimum Gasteiger partial charge on any atom is -0.480 e. The van der Waals surface area contributed by atoms with Crippen LogP contribution < -0.4 is 0 Å². The van der Waals surface area contributed by atoms with E-state index in [1.807, 2.05) is 0 Å². The van der Waals surface area contributed by atoms with Crippen LogP contribution in [0, 0.1) is 0 Å². The van der Waals surface area contributed by atoms with Crippen LogP contribution in [0.3, 0.4) is 0 Å². The summed E-state index contributed by atoms with van der Waals surface area (Å²) in [6.07, 6.45) is 0. The molecule has 0 rings (SSSR count). The number of rotatable bonds is 3. The molecule has 0 unspecified atom stereocenters. The van der Waals surface area contributed by atoms with Crippen molar-refractivity contribution in [2.45, 2.75) is 0 Å². The zero-order chi connectivity index (χ0) is 8.20. The van der Waals surface area contributed by atoms with E-state index in [0.717, 1.165) is 0 Å². The second kappa shape index (κ2) is 3.46. The topological polar surface area (TPSA) is 107 Å². The molecule has 0 spiro atoms. The molecule has 10 heavy (non-hydrogen) atoms. The summed E-state index contributed by atoms with van der Waals surface area (Å²) in [5.41, 5.74) is 0. The van der Waals surface area contributed by atoms with Crippen LogP contribution >= 0.6 is 7.60 Å². The largest absolute Gasteiger partial charge is 0.480 e. The van der Waals surface area contributed by atoms with Crippen LogP contribution in [-0.4, -0.2) is 33.4 Å². The van der Waals surface area contributed by atoms with E-state index in [2.05, 4.69) is 4.99 Å². The molecule has 0 aliphatic rings. The van der Waals surface area contributed by atoms with E-state index in [1.165, 1.54) is 0 Å². The summed E-state index contributed by atoms with van der Waals surface area (Å²) in [6.45, 7) is -0.620. The minimum atomic E-state index is -4.28. The molecular weight excluding hydrogens is 161 g/mol. The molecule has 0 heterocycles. The Balaban J connectivity index is 3.79. The first-order valence-electron chi connectivity index (χ1n) is 2.20.